The van der Waals surface area contributed by atoms with Crippen molar-refractivity contribution >= 4 is 22.7 Å². The monoisotopic (exact) mass is 314 g/mol. The molecule has 3 rings (SSSR count). The number of anilines is 1. The van der Waals surface area contributed by atoms with Crippen molar-refractivity contribution in [3.63, 3.8) is 0 Å². The van der Waals surface area contributed by atoms with Gasteiger partial charge in [-0.1, -0.05) is 18.2 Å². The summed E-state index contributed by atoms with van der Waals surface area (Å²) in [5.41, 5.74) is -0.447. The van der Waals surface area contributed by atoms with Crippen LogP contribution in [0.3, 0.4) is 0 Å². The lowest BCUT2D eigenvalue weighted by Gasteiger charge is -2.32. The summed E-state index contributed by atoms with van der Waals surface area (Å²) in [4.78, 5) is 19.6. The Hall–Kier alpha value is -2.30. The van der Waals surface area contributed by atoms with Gasteiger partial charge in [0.25, 0.3) is 5.82 Å². The van der Waals surface area contributed by atoms with Gasteiger partial charge in [-0.15, -0.1) is 0 Å². The van der Waals surface area contributed by atoms with Gasteiger partial charge >= 0.3 is 6.09 Å². The molecule has 1 amide bonds. The number of carbonyl (C=O) groups excluding carboxylic acids is 1. The van der Waals surface area contributed by atoms with Gasteiger partial charge in [-0.2, -0.15) is 0 Å². The smallest absolute Gasteiger partial charge is 0.410 e. The third-order valence-electron chi connectivity index (χ3n) is 3.95. The summed E-state index contributed by atoms with van der Waals surface area (Å²) in [6.07, 6.45) is 1.75. The Kier molecular flexibility index (Phi) is 4.11. The summed E-state index contributed by atoms with van der Waals surface area (Å²) in [5, 5.41) is 2.43. The van der Waals surface area contributed by atoms with Gasteiger partial charge in [0.1, 0.15) is 18.7 Å². The Bertz CT molecular complexity index is 695. The van der Waals surface area contributed by atoms with E-state index in [0.717, 1.165) is 18.9 Å². The summed E-state index contributed by atoms with van der Waals surface area (Å²) in [6, 6.07) is 10.4. The van der Waals surface area contributed by atoms with Gasteiger partial charge in [0, 0.05) is 0 Å². The number of ether oxygens (including phenoxy) is 1. The first-order valence-corrected chi connectivity index (χ1v) is 8.06. The largest absolute Gasteiger partial charge is 0.444 e. The lowest BCUT2D eigenvalue weighted by molar-refractivity contribution is -0.362. The molecular weight excluding hydrogens is 290 g/mol. The standard InChI is InChI=1S/C18H23N3O2/c1-18(2,3)23-17(22)21-12-10-20(11-13-21)16-15-7-5-4-6-14(15)8-9-19-16/h4-9H,10-13H2,1-3H3/p+1. The molecule has 1 aliphatic rings. The molecule has 2 heterocycles. The highest BCUT2D eigenvalue weighted by Gasteiger charge is 2.30. The van der Waals surface area contributed by atoms with Crippen LogP contribution >= 0.6 is 0 Å². The second-order valence-corrected chi connectivity index (χ2v) is 6.87. The predicted octanol–water partition coefficient (Wildman–Crippen LogP) is 2.71. The van der Waals surface area contributed by atoms with Crippen LogP contribution in [0.4, 0.5) is 10.6 Å². The van der Waals surface area contributed by atoms with E-state index >= 15 is 0 Å². The molecule has 122 valence electrons. The quantitative estimate of drug-likeness (QED) is 0.813. The fourth-order valence-corrected chi connectivity index (χ4v) is 2.85. The zero-order valence-electron chi connectivity index (χ0n) is 14.0. The van der Waals surface area contributed by atoms with Crippen molar-refractivity contribution in [2.45, 2.75) is 26.4 Å². The Labute approximate surface area is 136 Å². The molecule has 0 bridgehead atoms. The number of nitrogens with zero attached hydrogens (tertiary/aromatic N) is 2. The average molecular weight is 314 g/mol. The highest BCUT2D eigenvalue weighted by atomic mass is 16.6. The molecule has 1 aliphatic heterocycles. The van der Waals surface area contributed by atoms with E-state index in [1.54, 1.807) is 4.90 Å². The zero-order chi connectivity index (χ0) is 16.4. The van der Waals surface area contributed by atoms with Gasteiger partial charge in [0.15, 0.2) is 0 Å². The fourth-order valence-electron chi connectivity index (χ4n) is 2.85. The minimum absolute atomic E-state index is 0.223. The second-order valence-electron chi connectivity index (χ2n) is 6.87. The maximum atomic E-state index is 12.1. The summed E-state index contributed by atoms with van der Waals surface area (Å²) in [5.74, 6) is 1.12. The van der Waals surface area contributed by atoms with Crippen LogP contribution < -0.4 is 9.88 Å². The summed E-state index contributed by atoms with van der Waals surface area (Å²) >= 11 is 0. The number of piperazine rings is 1. The van der Waals surface area contributed by atoms with E-state index in [1.807, 2.05) is 33.0 Å². The maximum Gasteiger partial charge on any atom is 0.410 e. The molecule has 1 saturated heterocycles. The molecule has 0 radical (unpaired) electrons. The minimum Gasteiger partial charge on any atom is -0.444 e. The SMILES string of the molecule is CC(C)(C)OC(=O)N1CCN(c2[nH+]ccc3ccccc23)CC1. The topological polar surface area (TPSA) is 46.9 Å². The average Bonchev–Trinajstić information content (AvgIpc) is 2.53. The summed E-state index contributed by atoms with van der Waals surface area (Å²) in [7, 11) is 0. The highest BCUT2D eigenvalue weighted by molar-refractivity contribution is 5.90. The number of H-pyrrole nitrogens is 1. The molecule has 2 aromatic rings. The van der Waals surface area contributed by atoms with Crippen molar-refractivity contribution in [1.82, 2.24) is 4.90 Å². The number of aromatic amines is 1. The number of carbonyl (C=O) groups is 1. The number of fused-ring (bicyclic) bond motifs is 1. The molecule has 1 aromatic carbocycles. The van der Waals surface area contributed by atoms with E-state index in [-0.39, 0.29) is 6.09 Å². The van der Waals surface area contributed by atoms with Crippen molar-refractivity contribution in [2.24, 2.45) is 0 Å². The van der Waals surface area contributed by atoms with Crippen LogP contribution in [0.5, 0.6) is 0 Å². The Morgan fingerprint density at radius 3 is 2.48 bits per heavy atom. The lowest BCUT2D eigenvalue weighted by Crippen LogP contribution is -2.51. The van der Waals surface area contributed by atoms with Crippen LogP contribution in [0.25, 0.3) is 10.8 Å². The number of rotatable bonds is 1. The minimum atomic E-state index is -0.447. The van der Waals surface area contributed by atoms with E-state index in [4.69, 9.17) is 4.74 Å². The van der Waals surface area contributed by atoms with E-state index in [9.17, 15) is 4.79 Å². The molecular formula is C18H24N3O2+. The number of nitrogens with one attached hydrogen (secondary N) is 1. The first-order chi connectivity index (χ1) is 10.9. The van der Waals surface area contributed by atoms with Crippen LogP contribution in [-0.2, 0) is 4.74 Å². The molecule has 1 aromatic heterocycles. The molecule has 0 atom stereocenters. The Morgan fingerprint density at radius 2 is 1.78 bits per heavy atom. The Balaban J connectivity index is 1.70. The third kappa shape index (κ3) is 3.55. The molecule has 0 spiro atoms. The molecule has 5 nitrogen and oxygen atoms in total. The third-order valence-corrected chi connectivity index (χ3v) is 3.95. The number of amides is 1. The van der Waals surface area contributed by atoms with Crippen molar-refractivity contribution in [3.8, 4) is 0 Å². The first-order valence-electron chi connectivity index (χ1n) is 8.06. The van der Waals surface area contributed by atoms with Gasteiger partial charge in [-0.25, -0.2) is 9.78 Å². The van der Waals surface area contributed by atoms with Crippen molar-refractivity contribution in [1.29, 1.82) is 0 Å². The first kappa shape index (κ1) is 15.6. The van der Waals surface area contributed by atoms with E-state index < -0.39 is 5.60 Å². The molecule has 5 heteroatoms. The van der Waals surface area contributed by atoms with Crippen LogP contribution in [-0.4, -0.2) is 42.8 Å². The van der Waals surface area contributed by atoms with Gasteiger partial charge in [0.2, 0.25) is 0 Å². The maximum absolute atomic E-state index is 12.1. The summed E-state index contributed by atoms with van der Waals surface area (Å²) in [6.45, 7) is 8.62. The normalized spacial score (nSPS) is 15.8. The van der Waals surface area contributed by atoms with E-state index in [0.29, 0.717) is 13.1 Å². The van der Waals surface area contributed by atoms with Crippen molar-refractivity contribution in [3.05, 3.63) is 36.5 Å². The Morgan fingerprint density at radius 1 is 1.09 bits per heavy atom. The van der Waals surface area contributed by atoms with Crippen LogP contribution in [0.15, 0.2) is 36.5 Å². The van der Waals surface area contributed by atoms with E-state index in [1.165, 1.54) is 10.8 Å². The molecule has 0 saturated carbocycles. The van der Waals surface area contributed by atoms with Crippen LogP contribution in [0.2, 0.25) is 0 Å². The number of aromatic nitrogens is 1. The van der Waals surface area contributed by atoms with Crippen molar-refractivity contribution in [2.75, 3.05) is 31.1 Å². The molecule has 1 N–H and O–H groups in total. The van der Waals surface area contributed by atoms with Crippen LogP contribution in [0, 0.1) is 0 Å². The van der Waals surface area contributed by atoms with Gasteiger partial charge in [-0.05, 0) is 38.3 Å². The number of hydrogen-bond donors (Lipinski definition) is 0. The van der Waals surface area contributed by atoms with Gasteiger partial charge < -0.3 is 9.64 Å². The zero-order valence-corrected chi connectivity index (χ0v) is 14.0. The molecule has 0 aliphatic carbocycles. The number of pyridine rings is 1. The van der Waals surface area contributed by atoms with Gasteiger partial charge in [0.05, 0.1) is 24.7 Å². The molecule has 23 heavy (non-hydrogen) atoms. The second kappa shape index (κ2) is 6.07. The van der Waals surface area contributed by atoms with Crippen molar-refractivity contribution < 1.29 is 14.5 Å². The number of hydrogen-bond acceptors (Lipinski definition) is 3. The van der Waals surface area contributed by atoms with Crippen LogP contribution in [0.1, 0.15) is 20.8 Å². The number of benzene rings is 1. The fraction of sp³-hybridized carbons (Fsp3) is 0.444. The predicted molar refractivity (Wildman–Crippen MR) is 90.5 cm³/mol. The molecule has 0 unspecified atom stereocenters. The lowest BCUT2D eigenvalue weighted by atomic mass is 10.1. The highest BCUT2D eigenvalue weighted by Crippen LogP contribution is 2.23. The molecule has 1 fully saturated rings. The summed E-state index contributed by atoms with van der Waals surface area (Å²) < 4.78 is 5.45. The van der Waals surface area contributed by atoms with E-state index in [2.05, 4.69) is 34.1 Å². The van der Waals surface area contributed by atoms with Gasteiger partial charge in [-0.3, -0.25) is 4.90 Å².